The molecule has 21 heavy (non-hydrogen) atoms. The van der Waals surface area contributed by atoms with Gasteiger partial charge in [0.15, 0.2) is 11.5 Å². The molecule has 0 spiro atoms. The van der Waals surface area contributed by atoms with Gasteiger partial charge in [-0.15, -0.1) is 0 Å². The van der Waals surface area contributed by atoms with Crippen molar-refractivity contribution in [2.24, 2.45) is 11.8 Å². The van der Waals surface area contributed by atoms with Gasteiger partial charge in [0.05, 0.1) is 10.9 Å². The predicted molar refractivity (Wildman–Crippen MR) is 75.9 cm³/mol. The number of rotatable bonds is 3. The number of aliphatic carboxylic acids is 1. The van der Waals surface area contributed by atoms with E-state index in [-0.39, 0.29) is 10.9 Å². The van der Waals surface area contributed by atoms with Crippen LogP contribution in [0.4, 0.5) is 4.39 Å². The Balaban J connectivity index is 2.00. The zero-order valence-electron chi connectivity index (χ0n) is 11.5. The Bertz CT molecular complexity index is 661. The van der Waals surface area contributed by atoms with Crippen LogP contribution in [-0.4, -0.2) is 16.1 Å². The third-order valence-corrected chi connectivity index (χ3v) is 4.61. The smallest absolute Gasteiger partial charge is 0.307 e. The number of carboxylic acid groups (broad SMARTS) is 1. The summed E-state index contributed by atoms with van der Waals surface area (Å²) in [7, 11) is 0. The molecular weight excluding hydrogens is 297 g/mol. The quantitative estimate of drug-likeness (QED) is 0.921. The molecule has 3 unspecified atom stereocenters. The highest BCUT2D eigenvalue weighted by molar-refractivity contribution is 6.31. The van der Waals surface area contributed by atoms with Crippen molar-refractivity contribution < 1.29 is 18.7 Å². The highest BCUT2D eigenvalue weighted by Crippen LogP contribution is 2.45. The first-order valence-electron chi connectivity index (χ1n) is 6.97. The molecule has 0 saturated heterocycles. The van der Waals surface area contributed by atoms with Crippen LogP contribution in [-0.2, 0) is 4.79 Å². The van der Waals surface area contributed by atoms with E-state index in [2.05, 4.69) is 4.98 Å². The first kappa shape index (κ1) is 14.3. The molecule has 0 amide bonds. The molecule has 1 aliphatic carbocycles. The van der Waals surface area contributed by atoms with Crippen LogP contribution >= 0.6 is 11.6 Å². The Labute approximate surface area is 125 Å². The van der Waals surface area contributed by atoms with Gasteiger partial charge in [-0.3, -0.25) is 4.79 Å². The molecule has 0 aliphatic heterocycles. The molecule has 1 N–H and O–H groups in total. The molecule has 1 fully saturated rings. The average Bonchev–Trinajstić information content (AvgIpc) is 3.02. The van der Waals surface area contributed by atoms with Gasteiger partial charge in [-0.25, -0.2) is 9.37 Å². The number of hydrogen-bond acceptors (Lipinski definition) is 3. The Morgan fingerprint density at radius 1 is 1.52 bits per heavy atom. The van der Waals surface area contributed by atoms with Gasteiger partial charge in [-0.05, 0) is 24.8 Å². The zero-order chi connectivity index (χ0) is 15.1. The second-order valence-corrected chi connectivity index (χ2v) is 5.99. The molecule has 1 aliphatic rings. The normalized spacial score (nSPS) is 25.6. The topological polar surface area (TPSA) is 63.3 Å². The molecule has 1 saturated carbocycles. The molecule has 1 heterocycles. The number of fused-ring (bicyclic) bond motifs is 1. The summed E-state index contributed by atoms with van der Waals surface area (Å²) in [6, 6.07) is 2.59. The van der Waals surface area contributed by atoms with E-state index in [1.807, 2.05) is 6.92 Å². The summed E-state index contributed by atoms with van der Waals surface area (Å²) in [5.41, 5.74) is 0.761. The summed E-state index contributed by atoms with van der Waals surface area (Å²) in [5, 5.41) is 9.35. The molecule has 3 rings (SSSR count). The van der Waals surface area contributed by atoms with E-state index < -0.39 is 17.7 Å². The van der Waals surface area contributed by atoms with E-state index in [1.54, 1.807) is 0 Å². The number of carbonyl (C=O) groups is 1. The SMILES string of the molecule is CCC1CC(C(=O)O)C(c2nc3cc(Cl)c(F)cc3o2)C1. The highest BCUT2D eigenvalue weighted by Gasteiger charge is 2.41. The van der Waals surface area contributed by atoms with Crippen LogP contribution < -0.4 is 0 Å². The molecular formula is C15H15ClFNO3. The molecule has 1 aromatic heterocycles. The van der Waals surface area contributed by atoms with Crippen molar-refractivity contribution in [1.29, 1.82) is 0 Å². The summed E-state index contributed by atoms with van der Waals surface area (Å²) in [6.07, 6.45) is 2.29. The van der Waals surface area contributed by atoms with E-state index in [1.165, 1.54) is 12.1 Å². The number of benzene rings is 1. The van der Waals surface area contributed by atoms with Crippen LogP contribution in [0.15, 0.2) is 16.5 Å². The van der Waals surface area contributed by atoms with Gasteiger partial charge >= 0.3 is 5.97 Å². The van der Waals surface area contributed by atoms with E-state index in [0.29, 0.717) is 29.3 Å². The fourth-order valence-electron chi connectivity index (χ4n) is 3.12. The van der Waals surface area contributed by atoms with Crippen molar-refractivity contribution in [1.82, 2.24) is 4.98 Å². The summed E-state index contributed by atoms with van der Waals surface area (Å²) in [4.78, 5) is 15.7. The fraction of sp³-hybridized carbons (Fsp3) is 0.467. The Morgan fingerprint density at radius 2 is 2.29 bits per heavy atom. The maximum Gasteiger partial charge on any atom is 0.307 e. The van der Waals surface area contributed by atoms with Gasteiger partial charge < -0.3 is 9.52 Å². The van der Waals surface area contributed by atoms with Gasteiger partial charge in [0.25, 0.3) is 0 Å². The molecule has 0 bridgehead atoms. The lowest BCUT2D eigenvalue weighted by Crippen LogP contribution is -2.17. The van der Waals surface area contributed by atoms with Crippen LogP contribution in [0.2, 0.25) is 5.02 Å². The van der Waals surface area contributed by atoms with Gasteiger partial charge in [-0.2, -0.15) is 0 Å². The zero-order valence-corrected chi connectivity index (χ0v) is 12.2. The van der Waals surface area contributed by atoms with E-state index in [4.69, 9.17) is 16.0 Å². The molecule has 0 radical (unpaired) electrons. The number of aromatic nitrogens is 1. The summed E-state index contributed by atoms with van der Waals surface area (Å²) in [6.45, 7) is 2.05. The monoisotopic (exact) mass is 311 g/mol. The van der Waals surface area contributed by atoms with Gasteiger partial charge in [0.1, 0.15) is 11.3 Å². The van der Waals surface area contributed by atoms with Gasteiger partial charge in [0.2, 0.25) is 0 Å². The van der Waals surface area contributed by atoms with Crippen LogP contribution in [0.1, 0.15) is 38.0 Å². The van der Waals surface area contributed by atoms with E-state index >= 15 is 0 Å². The minimum absolute atomic E-state index is 0.0185. The number of oxazole rings is 1. The van der Waals surface area contributed by atoms with Crippen molar-refractivity contribution >= 4 is 28.7 Å². The fourth-order valence-corrected chi connectivity index (χ4v) is 3.28. The standard InChI is InChI=1S/C15H15ClFNO3/c1-2-7-3-8(9(4-7)15(19)20)14-18-12-5-10(16)11(17)6-13(12)21-14/h5-9H,2-4H2,1H3,(H,19,20). The molecule has 1 aromatic carbocycles. The minimum Gasteiger partial charge on any atom is -0.481 e. The number of halogens is 2. The first-order valence-corrected chi connectivity index (χ1v) is 7.35. The summed E-state index contributed by atoms with van der Waals surface area (Å²) in [5.74, 6) is -1.44. The second kappa shape index (κ2) is 5.30. The molecule has 2 aromatic rings. The third-order valence-electron chi connectivity index (χ3n) is 4.32. The van der Waals surface area contributed by atoms with Crippen molar-refractivity contribution in [3.8, 4) is 0 Å². The largest absolute Gasteiger partial charge is 0.481 e. The Kier molecular flexibility index (Phi) is 3.61. The second-order valence-electron chi connectivity index (χ2n) is 5.58. The van der Waals surface area contributed by atoms with Crippen molar-refractivity contribution in [3.05, 3.63) is 28.9 Å². The molecule has 112 valence electrons. The lowest BCUT2D eigenvalue weighted by molar-refractivity contribution is -0.142. The number of nitrogens with zero attached hydrogens (tertiary/aromatic N) is 1. The maximum atomic E-state index is 13.4. The lowest BCUT2D eigenvalue weighted by atomic mass is 9.96. The van der Waals surface area contributed by atoms with Crippen LogP contribution in [0.3, 0.4) is 0 Å². The van der Waals surface area contributed by atoms with Crippen molar-refractivity contribution in [3.63, 3.8) is 0 Å². The summed E-state index contributed by atoms with van der Waals surface area (Å²) < 4.78 is 19.0. The third kappa shape index (κ3) is 2.50. The van der Waals surface area contributed by atoms with Crippen LogP contribution in [0, 0.1) is 17.7 Å². The van der Waals surface area contributed by atoms with Crippen molar-refractivity contribution in [2.75, 3.05) is 0 Å². The maximum absolute atomic E-state index is 13.4. The number of hydrogen-bond donors (Lipinski definition) is 1. The predicted octanol–water partition coefficient (Wildman–Crippen LogP) is 4.22. The molecule has 4 nitrogen and oxygen atoms in total. The van der Waals surface area contributed by atoms with Crippen LogP contribution in [0.25, 0.3) is 11.1 Å². The lowest BCUT2D eigenvalue weighted by Gasteiger charge is -2.10. The average molecular weight is 312 g/mol. The molecule has 6 heteroatoms. The van der Waals surface area contributed by atoms with Crippen LogP contribution in [0.5, 0.6) is 0 Å². The van der Waals surface area contributed by atoms with E-state index in [9.17, 15) is 14.3 Å². The number of carboxylic acids is 1. The Morgan fingerprint density at radius 3 is 2.95 bits per heavy atom. The first-order chi connectivity index (χ1) is 9.99. The van der Waals surface area contributed by atoms with E-state index in [0.717, 1.165) is 12.8 Å². The van der Waals surface area contributed by atoms with Crippen molar-refractivity contribution in [2.45, 2.75) is 32.1 Å². The summed E-state index contributed by atoms with van der Waals surface area (Å²) >= 11 is 5.73. The van der Waals surface area contributed by atoms with Gasteiger partial charge in [-0.1, -0.05) is 24.9 Å². The van der Waals surface area contributed by atoms with Gasteiger partial charge in [0, 0.05) is 12.0 Å². The highest BCUT2D eigenvalue weighted by atomic mass is 35.5. The minimum atomic E-state index is -0.831. The molecule has 3 atom stereocenters. The Hall–Kier alpha value is -1.62.